The maximum absolute atomic E-state index is 14.6. The zero-order valence-electron chi connectivity index (χ0n) is 18.5. The minimum atomic E-state index is -0.965. The standard InChI is InChI=1S/C30H22N2O/c1-18-12-14-24-22(16-18)27-28(31-24)21-10-6-7-11-25(21)32-26-15-13-19(2)17-23(26)29(33)30(27,32)20-8-4-3-5-9-20/h3-17,31H,1-2H3. The number of carbonyl (C=O) groups excluding carboxylic acids is 1. The number of benzene rings is 4. The number of H-pyrrole nitrogens is 1. The Hall–Kier alpha value is -4.11. The van der Waals surface area contributed by atoms with Gasteiger partial charge in [-0.3, -0.25) is 4.79 Å². The number of anilines is 2. The van der Waals surface area contributed by atoms with Crippen LogP contribution in [0.2, 0.25) is 0 Å². The molecule has 0 radical (unpaired) electrons. The highest BCUT2D eigenvalue weighted by molar-refractivity contribution is 6.23. The van der Waals surface area contributed by atoms with E-state index in [1.807, 2.05) is 24.3 Å². The second-order valence-corrected chi connectivity index (χ2v) is 9.20. The predicted octanol–water partition coefficient (Wildman–Crippen LogP) is 7.04. The van der Waals surface area contributed by atoms with E-state index in [-0.39, 0.29) is 5.78 Å². The van der Waals surface area contributed by atoms with Crippen molar-refractivity contribution in [1.82, 2.24) is 4.98 Å². The van der Waals surface area contributed by atoms with Gasteiger partial charge in [0.1, 0.15) is 0 Å². The van der Waals surface area contributed by atoms with Gasteiger partial charge in [0.05, 0.1) is 17.1 Å². The molecule has 4 aromatic carbocycles. The maximum Gasteiger partial charge on any atom is 0.200 e. The molecule has 2 aliphatic heterocycles. The Bertz CT molecular complexity index is 1610. The van der Waals surface area contributed by atoms with Gasteiger partial charge in [-0.15, -0.1) is 0 Å². The van der Waals surface area contributed by atoms with Gasteiger partial charge >= 0.3 is 0 Å². The van der Waals surface area contributed by atoms with E-state index in [0.717, 1.165) is 55.8 Å². The second kappa shape index (κ2) is 6.23. The number of aromatic nitrogens is 1. The molecule has 0 spiro atoms. The van der Waals surface area contributed by atoms with Gasteiger partial charge in [-0.05, 0) is 49.7 Å². The predicted molar refractivity (Wildman–Crippen MR) is 133 cm³/mol. The van der Waals surface area contributed by atoms with Crippen LogP contribution in [0, 0.1) is 13.8 Å². The van der Waals surface area contributed by atoms with Crippen LogP contribution in [0.4, 0.5) is 11.4 Å². The first-order valence-electron chi connectivity index (χ1n) is 11.3. The van der Waals surface area contributed by atoms with Crippen LogP contribution >= 0.6 is 0 Å². The third-order valence-electron chi connectivity index (χ3n) is 7.22. The van der Waals surface area contributed by atoms with Crippen molar-refractivity contribution in [3.63, 3.8) is 0 Å². The average molecular weight is 427 g/mol. The molecule has 2 aliphatic rings. The summed E-state index contributed by atoms with van der Waals surface area (Å²) in [5.41, 5.74) is 9.34. The minimum Gasteiger partial charge on any atom is -0.354 e. The van der Waals surface area contributed by atoms with Crippen LogP contribution in [0.15, 0.2) is 91.0 Å². The van der Waals surface area contributed by atoms with Crippen molar-refractivity contribution in [2.45, 2.75) is 19.4 Å². The smallest absolute Gasteiger partial charge is 0.200 e. The van der Waals surface area contributed by atoms with E-state index in [2.05, 4.69) is 90.5 Å². The van der Waals surface area contributed by atoms with E-state index in [4.69, 9.17) is 0 Å². The SMILES string of the molecule is Cc1ccc2c(c1)C(=O)C1(c3ccccc3)c3c([nH]c4ccc(C)cc34)-c3ccccc3N21. The first kappa shape index (κ1) is 18.5. The van der Waals surface area contributed by atoms with E-state index in [1.54, 1.807) is 0 Å². The molecule has 3 heteroatoms. The van der Waals surface area contributed by atoms with Crippen molar-refractivity contribution < 1.29 is 4.79 Å². The van der Waals surface area contributed by atoms with E-state index in [9.17, 15) is 4.79 Å². The Balaban J connectivity index is 1.73. The lowest BCUT2D eigenvalue weighted by molar-refractivity contribution is 0.0931. The van der Waals surface area contributed by atoms with Crippen molar-refractivity contribution in [3.05, 3.63) is 119 Å². The van der Waals surface area contributed by atoms with E-state index < -0.39 is 5.54 Å². The highest BCUT2D eigenvalue weighted by Crippen LogP contribution is 2.61. The molecule has 1 atom stereocenters. The van der Waals surface area contributed by atoms with Gasteiger partial charge in [0, 0.05) is 27.6 Å². The van der Waals surface area contributed by atoms with Gasteiger partial charge < -0.3 is 9.88 Å². The fourth-order valence-electron chi connectivity index (χ4n) is 5.89. The third-order valence-corrected chi connectivity index (χ3v) is 7.22. The molecule has 0 saturated heterocycles. The topological polar surface area (TPSA) is 36.1 Å². The summed E-state index contributed by atoms with van der Waals surface area (Å²) in [6.07, 6.45) is 0. The van der Waals surface area contributed by atoms with E-state index in [0.29, 0.717) is 0 Å². The summed E-state index contributed by atoms with van der Waals surface area (Å²) in [5, 5.41) is 1.10. The number of carbonyl (C=O) groups is 1. The molecule has 0 amide bonds. The number of ketones is 1. The summed E-state index contributed by atoms with van der Waals surface area (Å²) in [5.74, 6) is 0.130. The Kier molecular flexibility index (Phi) is 3.49. The van der Waals surface area contributed by atoms with Gasteiger partial charge in [0.25, 0.3) is 0 Å². The van der Waals surface area contributed by atoms with E-state index in [1.165, 1.54) is 5.56 Å². The van der Waals surface area contributed by atoms with Gasteiger partial charge in [-0.1, -0.05) is 71.8 Å². The first-order chi connectivity index (χ1) is 16.1. The summed E-state index contributed by atoms with van der Waals surface area (Å²) < 4.78 is 0. The number of rotatable bonds is 1. The van der Waals surface area contributed by atoms with Gasteiger partial charge in [-0.2, -0.15) is 0 Å². The monoisotopic (exact) mass is 426 g/mol. The van der Waals surface area contributed by atoms with Crippen LogP contribution in [0.25, 0.3) is 22.2 Å². The molecule has 0 aliphatic carbocycles. The van der Waals surface area contributed by atoms with Crippen molar-refractivity contribution >= 4 is 28.1 Å². The normalized spacial score (nSPS) is 18.1. The first-order valence-corrected chi connectivity index (χ1v) is 11.3. The van der Waals surface area contributed by atoms with Crippen molar-refractivity contribution in [2.75, 3.05) is 4.90 Å². The summed E-state index contributed by atoms with van der Waals surface area (Å²) in [7, 11) is 0. The van der Waals surface area contributed by atoms with Crippen LogP contribution < -0.4 is 4.90 Å². The molecule has 3 nitrogen and oxygen atoms in total. The number of para-hydroxylation sites is 1. The number of nitrogens with one attached hydrogen (secondary N) is 1. The summed E-state index contributed by atoms with van der Waals surface area (Å²) in [6.45, 7) is 4.16. The molecule has 1 N–H and O–H groups in total. The third kappa shape index (κ3) is 2.17. The van der Waals surface area contributed by atoms with Gasteiger partial charge in [-0.25, -0.2) is 0 Å². The second-order valence-electron chi connectivity index (χ2n) is 9.20. The number of aromatic amines is 1. The summed E-state index contributed by atoms with van der Waals surface area (Å²) >= 11 is 0. The molecule has 0 fully saturated rings. The molecule has 5 aromatic rings. The highest BCUT2D eigenvalue weighted by Gasteiger charge is 2.59. The van der Waals surface area contributed by atoms with Crippen LogP contribution in [-0.2, 0) is 5.54 Å². The fourth-order valence-corrected chi connectivity index (χ4v) is 5.89. The fraction of sp³-hybridized carbons (Fsp3) is 0.100. The molecule has 7 rings (SSSR count). The Morgan fingerprint density at radius 1 is 0.727 bits per heavy atom. The number of nitrogens with zero attached hydrogens (tertiary/aromatic N) is 1. The van der Waals surface area contributed by atoms with Crippen LogP contribution in [0.5, 0.6) is 0 Å². The molecule has 3 heterocycles. The summed E-state index contributed by atoms with van der Waals surface area (Å²) in [4.78, 5) is 20.6. The van der Waals surface area contributed by atoms with Crippen LogP contribution in [0.1, 0.15) is 32.6 Å². The van der Waals surface area contributed by atoms with Crippen molar-refractivity contribution in [3.8, 4) is 11.3 Å². The van der Waals surface area contributed by atoms with E-state index >= 15 is 0 Å². The number of hydrogen-bond acceptors (Lipinski definition) is 2. The lowest BCUT2D eigenvalue weighted by atomic mass is 9.73. The maximum atomic E-state index is 14.6. The Morgan fingerprint density at radius 3 is 2.27 bits per heavy atom. The minimum absolute atomic E-state index is 0.130. The van der Waals surface area contributed by atoms with Crippen molar-refractivity contribution in [1.29, 1.82) is 0 Å². The number of hydrogen-bond donors (Lipinski definition) is 1. The van der Waals surface area contributed by atoms with Crippen LogP contribution in [-0.4, -0.2) is 10.8 Å². The molecular formula is C30H22N2O. The lowest BCUT2D eigenvalue weighted by Crippen LogP contribution is -2.48. The molecular weight excluding hydrogens is 404 g/mol. The average Bonchev–Trinajstić information content (AvgIpc) is 3.34. The Labute approximate surface area is 192 Å². The number of fused-ring (bicyclic) bond motifs is 10. The molecule has 1 aromatic heterocycles. The molecule has 0 saturated carbocycles. The number of Topliss-reactive ketones (excluding diaryl/α,β-unsaturated/α-hetero) is 1. The Morgan fingerprint density at radius 2 is 1.42 bits per heavy atom. The van der Waals surface area contributed by atoms with Gasteiger partial charge in [0.15, 0.2) is 11.3 Å². The largest absolute Gasteiger partial charge is 0.354 e. The summed E-state index contributed by atoms with van der Waals surface area (Å²) in [6, 6.07) is 31.4. The van der Waals surface area contributed by atoms with Gasteiger partial charge in [0.2, 0.25) is 0 Å². The quantitative estimate of drug-likeness (QED) is 0.312. The number of aryl methyl sites for hydroxylation is 2. The molecule has 33 heavy (non-hydrogen) atoms. The lowest BCUT2D eigenvalue weighted by Gasteiger charge is -2.44. The zero-order valence-corrected chi connectivity index (χ0v) is 18.5. The van der Waals surface area contributed by atoms with Crippen LogP contribution in [0.3, 0.4) is 0 Å². The van der Waals surface area contributed by atoms with Crippen molar-refractivity contribution in [2.24, 2.45) is 0 Å². The zero-order chi connectivity index (χ0) is 22.3. The molecule has 158 valence electrons. The molecule has 0 bridgehead atoms. The molecule has 1 unspecified atom stereocenters. The highest BCUT2D eigenvalue weighted by atomic mass is 16.1.